The Morgan fingerprint density at radius 1 is 1.37 bits per heavy atom. The van der Waals surface area contributed by atoms with Gasteiger partial charge in [-0.1, -0.05) is 11.6 Å². The third-order valence-electron chi connectivity index (χ3n) is 2.98. The second-order valence-electron chi connectivity index (χ2n) is 4.83. The molecule has 106 valence electrons. The molecule has 0 atom stereocenters. The Kier molecular flexibility index (Phi) is 5.63. The number of hydrogen-bond acceptors (Lipinski definition) is 4. The maximum absolute atomic E-state index is 11.5. The number of halogens is 1. The van der Waals surface area contributed by atoms with Gasteiger partial charge in [-0.2, -0.15) is 0 Å². The number of rotatable bonds is 6. The van der Waals surface area contributed by atoms with Crippen molar-refractivity contribution >= 4 is 23.3 Å². The zero-order valence-electron chi connectivity index (χ0n) is 11.7. The molecule has 5 heteroatoms. The molecule has 0 aliphatic carbocycles. The Hall–Kier alpha value is -1.26. The number of methoxy groups -OCH3 is 2. The van der Waals surface area contributed by atoms with E-state index in [9.17, 15) is 4.79 Å². The summed E-state index contributed by atoms with van der Waals surface area (Å²) >= 11 is 5.95. The van der Waals surface area contributed by atoms with E-state index in [1.807, 2.05) is 19.9 Å². The van der Waals surface area contributed by atoms with Crippen molar-refractivity contribution in [3.05, 3.63) is 28.8 Å². The van der Waals surface area contributed by atoms with Crippen LogP contribution in [0.4, 0.5) is 5.69 Å². The third kappa shape index (κ3) is 4.73. The highest BCUT2D eigenvalue weighted by Gasteiger charge is 2.16. The molecule has 1 aromatic carbocycles. The van der Waals surface area contributed by atoms with Gasteiger partial charge in [0.1, 0.15) is 0 Å². The molecule has 1 rings (SSSR count). The van der Waals surface area contributed by atoms with Gasteiger partial charge >= 0.3 is 5.97 Å². The molecule has 1 aromatic rings. The van der Waals surface area contributed by atoms with Gasteiger partial charge in [0.15, 0.2) is 0 Å². The molecule has 0 unspecified atom stereocenters. The highest BCUT2D eigenvalue weighted by Crippen LogP contribution is 2.22. The fourth-order valence-electron chi connectivity index (χ4n) is 1.51. The molecule has 0 aliphatic rings. The minimum absolute atomic E-state index is 0.176. The van der Waals surface area contributed by atoms with E-state index < -0.39 is 5.97 Å². The number of nitrogens with one attached hydrogen (secondary N) is 1. The highest BCUT2D eigenvalue weighted by atomic mass is 35.5. The normalized spacial score (nSPS) is 11.2. The van der Waals surface area contributed by atoms with Gasteiger partial charge in [0.25, 0.3) is 0 Å². The van der Waals surface area contributed by atoms with E-state index in [0.29, 0.717) is 10.6 Å². The van der Waals surface area contributed by atoms with Crippen LogP contribution in [-0.2, 0) is 9.47 Å². The number of carbonyl (C=O) groups is 1. The summed E-state index contributed by atoms with van der Waals surface area (Å²) in [5.74, 6) is -0.439. The number of benzene rings is 1. The smallest absolute Gasteiger partial charge is 0.339 e. The molecule has 0 aliphatic heterocycles. The zero-order chi connectivity index (χ0) is 14.5. The van der Waals surface area contributed by atoms with Gasteiger partial charge in [0.2, 0.25) is 0 Å². The third-order valence-corrected chi connectivity index (χ3v) is 3.31. The van der Waals surface area contributed by atoms with Crippen molar-refractivity contribution in [3.63, 3.8) is 0 Å². The molecular formula is C14H20ClNO3. The van der Waals surface area contributed by atoms with Crippen LogP contribution in [0.3, 0.4) is 0 Å². The first kappa shape index (κ1) is 15.8. The van der Waals surface area contributed by atoms with Gasteiger partial charge in [-0.15, -0.1) is 0 Å². The van der Waals surface area contributed by atoms with Crippen LogP contribution < -0.4 is 5.32 Å². The van der Waals surface area contributed by atoms with Crippen LogP contribution >= 0.6 is 11.6 Å². The highest BCUT2D eigenvalue weighted by molar-refractivity contribution is 6.33. The Bertz CT molecular complexity index is 446. The van der Waals surface area contributed by atoms with Gasteiger partial charge in [0.05, 0.1) is 23.3 Å². The van der Waals surface area contributed by atoms with E-state index in [1.165, 1.54) is 7.11 Å². The van der Waals surface area contributed by atoms with Crippen molar-refractivity contribution in [1.29, 1.82) is 0 Å². The largest absolute Gasteiger partial charge is 0.465 e. The number of carbonyl (C=O) groups excluding carboxylic acids is 1. The van der Waals surface area contributed by atoms with Crippen molar-refractivity contribution in [2.45, 2.75) is 25.9 Å². The Labute approximate surface area is 119 Å². The summed E-state index contributed by atoms with van der Waals surface area (Å²) in [6.07, 6.45) is 0.847. The van der Waals surface area contributed by atoms with Crippen LogP contribution in [0.15, 0.2) is 18.2 Å². The van der Waals surface area contributed by atoms with Crippen LogP contribution in [0.5, 0.6) is 0 Å². The average molecular weight is 286 g/mol. The maximum atomic E-state index is 11.5. The molecule has 4 nitrogen and oxygen atoms in total. The molecule has 0 amide bonds. The number of ether oxygens (including phenoxy) is 2. The quantitative estimate of drug-likeness (QED) is 0.814. The molecule has 0 aromatic heterocycles. The summed E-state index contributed by atoms with van der Waals surface area (Å²) < 4.78 is 10.0. The van der Waals surface area contributed by atoms with E-state index in [2.05, 4.69) is 10.1 Å². The first-order valence-electron chi connectivity index (χ1n) is 6.06. The first-order chi connectivity index (χ1) is 8.89. The Morgan fingerprint density at radius 2 is 2.05 bits per heavy atom. The molecule has 0 bridgehead atoms. The fourth-order valence-corrected chi connectivity index (χ4v) is 1.71. The van der Waals surface area contributed by atoms with Crippen LogP contribution in [-0.4, -0.2) is 32.3 Å². The summed E-state index contributed by atoms with van der Waals surface area (Å²) in [5, 5.41) is 3.62. The van der Waals surface area contributed by atoms with Gasteiger partial charge in [-0.3, -0.25) is 0 Å². The summed E-state index contributed by atoms with van der Waals surface area (Å²) in [5.41, 5.74) is 1.02. The summed E-state index contributed by atoms with van der Waals surface area (Å²) in [6, 6.07) is 5.19. The lowest BCUT2D eigenvalue weighted by Crippen LogP contribution is -2.25. The maximum Gasteiger partial charge on any atom is 0.339 e. The van der Waals surface area contributed by atoms with Gasteiger partial charge in [-0.25, -0.2) is 4.79 Å². The fraction of sp³-hybridized carbons (Fsp3) is 0.500. The van der Waals surface area contributed by atoms with Gasteiger partial charge in [-0.05, 0) is 38.5 Å². The van der Waals surface area contributed by atoms with Crippen LogP contribution in [0.25, 0.3) is 0 Å². The Balaban J connectivity index is 2.68. The Morgan fingerprint density at radius 3 is 2.63 bits per heavy atom. The van der Waals surface area contributed by atoms with Gasteiger partial charge in [0, 0.05) is 19.3 Å². The molecule has 0 fully saturated rings. The molecule has 1 N–H and O–H groups in total. The topological polar surface area (TPSA) is 47.6 Å². The van der Waals surface area contributed by atoms with Crippen LogP contribution in [0.2, 0.25) is 5.02 Å². The number of esters is 1. The second-order valence-corrected chi connectivity index (χ2v) is 5.23. The lowest BCUT2D eigenvalue weighted by molar-refractivity contribution is 0.0185. The van der Waals surface area contributed by atoms with E-state index in [1.54, 1.807) is 19.2 Å². The molecule has 0 saturated carbocycles. The summed E-state index contributed by atoms with van der Waals surface area (Å²) in [4.78, 5) is 11.5. The first-order valence-corrected chi connectivity index (χ1v) is 6.44. The van der Waals surface area contributed by atoms with E-state index in [4.69, 9.17) is 16.3 Å². The van der Waals surface area contributed by atoms with Crippen LogP contribution in [0.1, 0.15) is 30.6 Å². The van der Waals surface area contributed by atoms with Gasteiger partial charge < -0.3 is 14.8 Å². The predicted molar refractivity (Wildman–Crippen MR) is 77.0 cm³/mol. The SMILES string of the molecule is COC(=O)c1cc(NCCC(C)(C)OC)ccc1Cl. The molecule has 0 spiro atoms. The van der Waals surface area contributed by atoms with E-state index in [0.717, 1.165) is 18.7 Å². The predicted octanol–water partition coefficient (Wildman–Crippen LogP) is 3.35. The standard InChI is InChI=1S/C14H20ClNO3/c1-14(2,19-4)7-8-16-10-5-6-12(15)11(9-10)13(17)18-3/h5-6,9,16H,7-8H2,1-4H3. The number of hydrogen-bond donors (Lipinski definition) is 1. The number of anilines is 1. The van der Waals surface area contributed by atoms with Crippen molar-refractivity contribution in [2.75, 3.05) is 26.1 Å². The van der Waals surface area contributed by atoms with E-state index in [-0.39, 0.29) is 5.60 Å². The van der Waals surface area contributed by atoms with Crippen LogP contribution in [0, 0.1) is 0 Å². The molecule has 0 heterocycles. The lowest BCUT2D eigenvalue weighted by atomic mass is 10.1. The van der Waals surface area contributed by atoms with E-state index >= 15 is 0 Å². The second kappa shape index (κ2) is 6.78. The monoisotopic (exact) mass is 285 g/mol. The molecule has 0 saturated heterocycles. The summed E-state index contributed by atoms with van der Waals surface area (Å²) in [6.45, 7) is 4.79. The van der Waals surface area contributed by atoms with Crippen molar-refractivity contribution in [3.8, 4) is 0 Å². The minimum Gasteiger partial charge on any atom is -0.465 e. The molecule has 0 radical (unpaired) electrons. The van der Waals surface area contributed by atoms with Crippen molar-refractivity contribution < 1.29 is 14.3 Å². The zero-order valence-corrected chi connectivity index (χ0v) is 12.5. The lowest BCUT2D eigenvalue weighted by Gasteiger charge is -2.23. The minimum atomic E-state index is -0.439. The average Bonchev–Trinajstić information content (AvgIpc) is 2.39. The molecular weight excluding hydrogens is 266 g/mol. The summed E-state index contributed by atoms with van der Waals surface area (Å²) in [7, 11) is 3.03. The molecule has 19 heavy (non-hydrogen) atoms. The van der Waals surface area contributed by atoms with Crippen molar-refractivity contribution in [2.24, 2.45) is 0 Å². The van der Waals surface area contributed by atoms with Crippen molar-refractivity contribution in [1.82, 2.24) is 0 Å².